The summed E-state index contributed by atoms with van der Waals surface area (Å²) >= 11 is 8.11. The van der Waals surface area contributed by atoms with Crippen LogP contribution >= 0.6 is 58.8 Å². The summed E-state index contributed by atoms with van der Waals surface area (Å²) < 4.78 is 45.1. The minimum Gasteiger partial charge on any atom is -0.492 e. The molecule has 1 rings (SSSR count). The highest BCUT2D eigenvalue weighted by Gasteiger charge is 2.24. The van der Waals surface area contributed by atoms with Crippen LogP contribution in [0.5, 0.6) is 11.5 Å². The van der Waals surface area contributed by atoms with E-state index in [1.54, 1.807) is 125 Å². The highest BCUT2D eigenvalue weighted by Crippen LogP contribution is 2.29. The fourth-order valence-corrected chi connectivity index (χ4v) is 11.2. The van der Waals surface area contributed by atoms with Crippen LogP contribution in [0, 0.1) is 5.92 Å². The van der Waals surface area contributed by atoms with Gasteiger partial charge in [-0.2, -0.15) is 58.8 Å². The summed E-state index contributed by atoms with van der Waals surface area (Å²) in [5.74, 6) is 3.62. The van der Waals surface area contributed by atoms with Crippen molar-refractivity contribution in [2.45, 2.75) is 136 Å². The van der Waals surface area contributed by atoms with E-state index in [1.807, 2.05) is 0 Å². The van der Waals surface area contributed by atoms with Crippen LogP contribution in [0.1, 0.15) is 130 Å². The number of ether oxygens (including phenoxy) is 8. The van der Waals surface area contributed by atoms with E-state index in [1.165, 1.54) is 0 Å². The zero-order valence-corrected chi connectivity index (χ0v) is 50.0. The van der Waals surface area contributed by atoms with Crippen molar-refractivity contribution in [3.63, 3.8) is 0 Å². The second kappa shape index (κ2) is 44.8. The molecular weight excluding hydrogens is 1060 g/mol. The van der Waals surface area contributed by atoms with Crippen LogP contribution in [0.4, 0.5) is 4.79 Å². The van der Waals surface area contributed by atoms with Gasteiger partial charge in [-0.25, -0.2) is 4.79 Å². The molecule has 0 saturated heterocycles. The molecule has 1 aromatic carbocycles. The van der Waals surface area contributed by atoms with Gasteiger partial charge in [-0.3, -0.25) is 28.8 Å². The number of carbonyl (C=O) groups excluding carboxylic acids is 7. The zero-order chi connectivity index (χ0) is 55.5. The molecule has 0 spiro atoms. The Morgan fingerprint density at radius 1 is 0.547 bits per heavy atom. The van der Waals surface area contributed by atoms with Crippen molar-refractivity contribution in [2.75, 3.05) is 112 Å². The van der Waals surface area contributed by atoms with Crippen LogP contribution in [0.25, 0.3) is 0 Å². The largest absolute Gasteiger partial charge is 0.492 e. The first-order chi connectivity index (χ1) is 36.0. The van der Waals surface area contributed by atoms with Crippen molar-refractivity contribution in [1.29, 1.82) is 0 Å². The van der Waals surface area contributed by atoms with Gasteiger partial charge in [0.25, 0.3) is 0 Å². The lowest BCUT2D eigenvalue weighted by Gasteiger charge is -2.21. The second-order valence-electron chi connectivity index (χ2n) is 17.9. The van der Waals surface area contributed by atoms with Crippen LogP contribution in [-0.4, -0.2) is 170 Å². The number of thioether (sulfide) groups is 5. The number of amides is 2. The molecule has 2 N–H and O–H groups in total. The highest BCUT2D eigenvalue weighted by molar-refractivity contribution is 8.03. The first-order valence-electron chi connectivity index (χ1n) is 26.4. The van der Waals surface area contributed by atoms with E-state index in [-0.39, 0.29) is 105 Å². The molecule has 2 amide bonds. The molecule has 3 unspecified atom stereocenters. The number of rotatable bonds is 46. The molecule has 430 valence electrons. The number of alkyl carbamates (subject to hydrolysis) is 1. The fraction of sp³-hybridized carbons (Fsp3) is 0.755. The zero-order valence-electron chi connectivity index (χ0n) is 45.9. The van der Waals surface area contributed by atoms with Gasteiger partial charge in [0.1, 0.15) is 56.7 Å². The van der Waals surface area contributed by atoms with Gasteiger partial charge in [-0.1, -0.05) is 41.0 Å². The van der Waals surface area contributed by atoms with Crippen LogP contribution < -0.4 is 20.1 Å². The Balaban J connectivity index is 3.47. The molecule has 0 aliphatic carbocycles. The van der Waals surface area contributed by atoms with Crippen molar-refractivity contribution in [3.05, 3.63) is 23.8 Å². The Morgan fingerprint density at radius 3 is 1.53 bits per heavy atom. The number of hydrogen-bond acceptors (Lipinski definition) is 20. The molecule has 17 nitrogen and oxygen atoms in total. The number of nitrogens with one attached hydrogen (secondary N) is 2. The minimum absolute atomic E-state index is 0.0809. The summed E-state index contributed by atoms with van der Waals surface area (Å²) in [6.45, 7) is 18.1. The molecule has 0 radical (unpaired) electrons. The molecule has 0 aliphatic heterocycles. The van der Waals surface area contributed by atoms with E-state index in [9.17, 15) is 33.6 Å². The van der Waals surface area contributed by atoms with E-state index >= 15 is 0 Å². The standard InChI is InChI=1S/C53H88N2O15S5/c1-9-20-63-21-16-26-71-27-19-54-51(61)40(17-14-15-18-55-52(62)70-53(6,7)8)34-46(56)41-32-42(68-36-44(74-30-24-66-49(59)12-4)38-72-28-22-64-47(57)10-2)35-43(33-41)69-37-45(75-31-25-67-50(60)13-5)39-73-29-23-65-48(58)11-3/h32-33,35,40,44-45H,9-31,34,36-39H2,1-8H3,(H,54,61)(H,55,62). The van der Waals surface area contributed by atoms with Crippen LogP contribution in [0.2, 0.25) is 0 Å². The summed E-state index contributed by atoms with van der Waals surface area (Å²) in [7, 11) is 0. The van der Waals surface area contributed by atoms with Gasteiger partial charge < -0.3 is 48.5 Å². The molecule has 3 atom stereocenters. The van der Waals surface area contributed by atoms with E-state index in [2.05, 4.69) is 17.6 Å². The summed E-state index contributed by atoms with van der Waals surface area (Å²) in [5.41, 5.74) is -0.335. The maximum absolute atomic E-state index is 14.5. The van der Waals surface area contributed by atoms with E-state index in [4.69, 9.17) is 37.9 Å². The predicted molar refractivity (Wildman–Crippen MR) is 306 cm³/mol. The van der Waals surface area contributed by atoms with Crippen LogP contribution in [0.15, 0.2) is 18.2 Å². The molecule has 0 fully saturated rings. The molecule has 0 aromatic heterocycles. The lowest BCUT2D eigenvalue weighted by molar-refractivity contribution is -0.143. The lowest BCUT2D eigenvalue weighted by atomic mass is 9.92. The predicted octanol–water partition coefficient (Wildman–Crippen LogP) is 9.48. The lowest BCUT2D eigenvalue weighted by Crippen LogP contribution is -2.34. The number of hydrogen-bond donors (Lipinski definition) is 2. The third-order valence-electron chi connectivity index (χ3n) is 10.1. The minimum atomic E-state index is -0.659. The second-order valence-corrected chi connectivity index (χ2v) is 24.2. The number of benzene rings is 1. The Hall–Kier alpha value is -3.18. The third kappa shape index (κ3) is 38.9. The maximum Gasteiger partial charge on any atom is 0.407 e. The number of unbranched alkanes of at least 4 members (excludes halogenated alkanes) is 1. The number of Topliss-reactive ketones (excluding diaryl/α,β-unsaturated/α-hetero) is 1. The van der Waals surface area contributed by atoms with Gasteiger partial charge in [0.05, 0.1) is 0 Å². The molecule has 1 aromatic rings. The van der Waals surface area contributed by atoms with Crippen molar-refractivity contribution in [2.24, 2.45) is 5.92 Å². The van der Waals surface area contributed by atoms with Gasteiger partial charge in [0.15, 0.2) is 5.78 Å². The van der Waals surface area contributed by atoms with Crippen LogP contribution in [-0.2, 0) is 52.4 Å². The average molecular weight is 1150 g/mol. The quantitative estimate of drug-likeness (QED) is 0.0269. The SMILES string of the molecule is CCCOCCCSCCNC(=O)C(CCCCNC(=O)OC(C)(C)C)CC(=O)c1cc(OCC(CSCCOC(=O)CC)SCCOC(=O)CC)cc(OCC(CSCCOC(=O)CC)SCCOC(=O)CC)c1. The van der Waals surface area contributed by atoms with Crippen molar-refractivity contribution in [1.82, 2.24) is 10.6 Å². The first-order valence-corrected chi connectivity index (χ1v) is 31.9. The summed E-state index contributed by atoms with van der Waals surface area (Å²) in [6.07, 6.45) is 3.97. The molecule has 0 bridgehead atoms. The monoisotopic (exact) mass is 1150 g/mol. The first kappa shape index (κ1) is 69.8. The van der Waals surface area contributed by atoms with Gasteiger partial charge >= 0.3 is 30.0 Å². The summed E-state index contributed by atoms with van der Waals surface area (Å²) in [4.78, 5) is 87.8. The topological polar surface area (TPSA) is 217 Å². The molecule has 0 aliphatic rings. The Labute approximate surface area is 468 Å². The maximum atomic E-state index is 14.5. The molecular formula is C53H88N2O15S5. The Bertz CT molecular complexity index is 1700. The van der Waals surface area contributed by atoms with Gasteiger partial charge in [0.2, 0.25) is 5.91 Å². The molecule has 0 heterocycles. The Kier molecular flexibility index (Phi) is 41.7. The van der Waals surface area contributed by atoms with Gasteiger partial charge in [-0.15, -0.1) is 0 Å². The molecule has 22 heteroatoms. The van der Waals surface area contributed by atoms with E-state index < -0.39 is 17.6 Å². The van der Waals surface area contributed by atoms with Crippen molar-refractivity contribution < 1.29 is 71.5 Å². The molecule has 0 saturated carbocycles. The van der Waals surface area contributed by atoms with E-state index in [0.29, 0.717) is 109 Å². The number of carbonyl (C=O) groups is 7. The number of ketones is 1. The fourth-order valence-electron chi connectivity index (χ4n) is 6.26. The van der Waals surface area contributed by atoms with Crippen molar-refractivity contribution >= 4 is 100 Å². The Morgan fingerprint density at radius 2 is 1.05 bits per heavy atom. The highest BCUT2D eigenvalue weighted by atomic mass is 32.2. The summed E-state index contributed by atoms with van der Waals surface area (Å²) in [5, 5.41) is 5.66. The van der Waals surface area contributed by atoms with E-state index in [0.717, 1.165) is 25.2 Å². The third-order valence-corrected chi connectivity index (χ3v) is 16.2. The average Bonchev–Trinajstić information content (AvgIpc) is 3.38. The number of esters is 4. The van der Waals surface area contributed by atoms with Crippen LogP contribution in [0.3, 0.4) is 0 Å². The normalized spacial score (nSPS) is 12.4. The van der Waals surface area contributed by atoms with Gasteiger partial charge in [-0.05, 0) is 64.3 Å². The summed E-state index contributed by atoms with van der Waals surface area (Å²) in [6, 6.07) is 5.07. The van der Waals surface area contributed by atoms with Crippen molar-refractivity contribution in [3.8, 4) is 11.5 Å². The molecule has 75 heavy (non-hydrogen) atoms. The smallest absolute Gasteiger partial charge is 0.407 e. The van der Waals surface area contributed by atoms with Gasteiger partial charge in [0, 0.05) is 127 Å².